The van der Waals surface area contributed by atoms with Gasteiger partial charge in [0.05, 0.1) is 12.6 Å². The van der Waals surface area contributed by atoms with E-state index in [1.54, 1.807) is 0 Å². The molecule has 1 atom stereocenters. The van der Waals surface area contributed by atoms with Crippen molar-refractivity contribution in [1.82, 2.24) is 4.90 Å². The molecule has 1 unspecified atom stereocenters. The molecule has 1 saturated heterocycles. The van der Waals surface area contributed by atoms with Crippen LogP contribution in [0.1, 0.15) is 30.1 Å². The summed E-state index contributed by atoms with van der Waals surface area (Å²) in [5.74, 6) is 0.583. The summed E-state index contributed by atoms with van der Waals surface area (Å²) in [7, 11) is 0. The molecule has 1 aliphatic heterocycles. The van der Waals surface area contributed by atoms with Gasteiger partial charge in [-0.15, -0.1) is 0 Å². The number of carbonyl (C=O) groups is 1. The predicted molar refractivity (Wildman–Crippen MR) is 71.6 cm³/mol. The van der Waals surface area contributed by atoms with Gasteiger partial charge < -0.3 is 5.11 Å². The molecule has 1 N–H and O–H groups in total. The Hall–Kier alpha value is -1.19. The van der Waals surface area contributed by atoms with Crippen LogP contribution in [0.25, 0.3) is 0 Å². The number of ketones is 1. The van der Waals surface area contributed by atoms with Crippen LogP contribution in [0.4, 0.5) is 0 Å². The number of piperidine rings is 1. The zero-order valence-corrected chi connectivity index (χ0v) is 10.9. The topological polar surface area (TPSA) is 40.5 Å². The number of hydrogen-bond donors (Lipinski definition) is 1. The van der Waals surface area contributed by atoms with Crippen LogP contribution in [0.3, 0.4) is 0 Å². The van der Waals surface area contributed by atoms with Crippen molar-refractivity contribution in [2.24, 2.45) is 5.92 Å². The number of carbonyl (C=O) groups excluding carboxylic acids is 1. The normalized spacial score (nSPS) is 19.7. The molecular formula is C15H21NO2. The van der Waals surface area contributed by atoms with Crippen LogP contribution in [0.5, 0.6) is 0 Å². The van der Waals surface area contributed by atoms with Gasteiger partial charge in [0.15, 0.2) is 5.78 Å². The summed E-state index contributed by atoms with van der Waals surface area (Å²) in [5.41, 5.74) is 0.787. The molecule has 1 aliphatic rings. The molecule has 18 heavy (non-hydrogen) atoms. The molecule has 98 valence electrons. The molecule has 1 aromatic rings. The van der Waals surface area contributed by atoms with Gasteiger partial charge in [-0.2, -0.15) is 0 Å². The number of aliphatic hydroxyl groups excluding tert-OH is 1. The maximum Gasteiger partial charge on any atom is 0.176 e. The van der Waals surface area contributed by atoms with Crippen molar-refractivity contribution in [2.75, 3.05) is 19.6 Å². The minimum absolute atomic E-state index is 0.186. The van der Waals surface area contributed by atoms with E-state index in [2.05, 4.69) is 4.90 Å². The van der Waals surface area contributed by atoms with Crippen molar-refractivity contribution in [2.45, 2.75) is 25.9 Å². The Balaban J connectivity index is 1.83. The van der Waals surface area contributed by atoms with Crippen molar-refractivity contribution < 1.29 is 9.90 Å². The lowest BCUT2D eigenvalue weighted by Gasteiger charge is -2.32. The highest BCUT2D eigenvalue weighted by Gasteiger charge is 2.23. The van der Waals surface area contributed by atoms with Gasteiger partial charge in [0.25, 0.3) is 0 Å². The number of Topliss-reactive ketones (excluding diaryl/α,β-unsaturated/α-hetero) is 1. The number of nitrogens with zero attached hydrogens (tertiary/aromatic N) is 1. The van der Waals surface area contributed by atoms with Crippen LogP contribution in [0, 0.1) is 5.92 Å². The number of aliphatic hydroxyl groups is 1. The Morgan fingerprint density at radius 1 is 1.33 bits per heavy atom. The second-order valence-corrected chi connectivity index (χ2v) is 5.14. The number of rotatable bonds is 4. The van der Waals surface area contributed by atoms with Crippen LogP contribution in [-0.4, -0.2) is 41.5 Å². The van der Waals surface area contributed by atoms with E-state index < -0.39 is 0 Å². The van der Waals surface area contributed by atoms with E-state index in [1.165, 1.54) is 0 Å². The smallest absolute Gasteiger partial charge is 0.176 e. The van der Waals surface area contributed by atoms with Gasteiger partial charge in [0.1, 0.15) is 0 Å². The third-order valence-corrected chi connectivity index (χ3v) is 3.78. The fourth-order valence-electron chi connectivity index (χ4n) is 2.51. The van der Waals surface area contributed by atoms with Gasteiger partial charge >= 0.3 is 0 Å². The predicted octanol–water partition coefficient (Wildman–Crippen LogP) is 1.96. The lowest BCUT2D eigenvalue weighted by molar-refractivity contribution is 0.0664. The summed E-state index contributed by atoms with van der Waals surface area (Å²) in [5, 5.41) is 9.54. The zero-order valence-electron chi connectivity index (χ0n) is 10.9. The highest BCUT2D eigenvalue weighted by atomic mass is 16.3. The fraction of sp³-hybridized carbons (Fsp3) is 0.533. The minimum Gasteiger partial charge on any atom is -0.393 e. The zero-order chi connectivity index (χ0) is 13.0. The summed E-state index contributed by atoms with van der Waals surface area (Å²) in [6.45, 7) is 4.17. The fourth-order valence-corrected chi connectivity index (χ4v) is 2.51. The van der Waals surface area contributed by atoms with E-state index in [0.29, 0.717) is 12.5 Å². The lowest BCUT2D eigenvalue weighted by Crippen LogP contribution is -2.39. The Morgan fingerprint density at radius 3 is 2.50 bits per heavy atom. The summed E-state index contributed by atoms with van der Waals surface area (Å²) in [6.07, 6.45) is 1.75. The van der Waals surface area contributed by atoms with E-state index >= 15 is 0 Å². The monoisotopic (exact) mass is 247 g/mol. The molecule has 3 heteroatoms. The third kappa shape index (κ3) is 3.40. The molecule has 2 rings (SSSR count). The quantitative estimate of drug-likeness (QED) is 0.827. The van der Waals surface area contributed by atoms with Crippen molar-refractivity contribution in [3.05, 3.63) is 35.9 Å². The van der Waals surface area contributed by atoms with Crippen LogP contribution in [0.2, 0.25) is 0 Å². The number of likely N-dealkylation sites (tertiary alicyclic amines) is 1. The van der Waals surface area contributed by atoms with Gasteiger partial charge in [0, 0.05) is 5.56 Å². The highest BCUT2D eigenvalue weighted by molar-refractivity contribution is 5.97. The first-order valence-corrected chi connectivity index (χ1v) is 6.65. The average Bonchev–Trinajstić information content (AvgIpc) is 2.40. The molecule has 0 amide bonds. The first kappa shape index (κ1) is 13.2. The van der Waals surface area contributed by atoms with E-state index in [1.807, 2.05) is 37.3 Å². The highest BCUT2D eigenvalue weighted by Crippen LogP contribution is 2.20. The van der Waals surface area contributed by atoms with Crippen LogP contribution in [0.15, 0.2) is 30.3 Å². The van der Waals surface area contributed by atoms with Crippen molar-refractivity contribution in [3.63, 3.8) is 0 Å². The standard InChI is InChI=1S/C15H21NO2/c1-12(17)13-7-9-16(10-8-13)11-15(18)14-5-3-2-4-6-14/h2-6,12-13,17H,7-11H2,1H3. The molecule has 0 spiro atoms. The Bertz CT molecular complexity index is 381. The first-order chi connectivity index (χ1) is 8.66. The minimum atomic E-state index is -0.225. The second-order valence-electron chi connectivity index (χ2n) is 5.14. The molecule has 1 fully saturated rings. The summed E-state index contributed by atoms with van der Waals surface area (Å²) in [4.78, 5) is 14.2. The molecule has 1 heterocycles. The van der Waals surface area contributed by atoms with E-state index in [-0.39, 0.29) is 11.9 Å². The first-order valence-electron chi connectivity index (χ1n) is 6.65. The molecule has 0 bridgehead atoms. The molecule has 0 aromatic heterocycles. The van der Waals surface area contributed by atoms with Gasteiger partial charge in [-0.3, -0.25) is 9.69 Å². The SMILES string of the molecule is CC(O)C1CCN(CC(=O)c2ccccc2)CC1. The maximum atomic E-state index is 12.0. The Kier molecular flexibility index (Phi) is 4.50. The number of hydrogen-bond acceptors (Lipinski definition) is 3. The Morgan fingerprint density at radius 2 is 1.94 bits per heavy atom. The van der Waals surface area contributed by atoms with Gasteiger partial charge in [-0.05, 0) is 38.8 Å². The molecule has 1 aromatic carbocycles. The van der Waals surface area contributed by atoms with Crippen LogP contribution in [-0.2, 0) is 0 Å². The third-order valence-electron chi connectivity index (χ3n) is 3.78. The number of benzene rings is 1. The molecule has 0 radical (unpaired) electrons. The molecular weight excluding hydrogens is 226 g/mol. The largest absolute Gasteiger partial charge is 0.393 e. The van der Waals surface area contributed by atoms with Gasteiger partial charge in [-0.25, -0.2) is 0 Å². The van der Waals surface area contributed by atoms with E-state index in [0.717, 1.165) is 31.5 Å². The molecule has 0 aliphatic carbocycles. The maximum absolute atomic E-state index is 12.0. The van der Waals surface area contributed by atoms with Crippen molar-refractivity contribution >= 4 is 5.78 Å². The summed E-state index contributed by atoms with van der Waals surface area (Å²) in [6, 6.07) is 9.44. The molecule has 0 saturated carbocycles. The summed E-state index contributed by atoms with van der Waals surface area (Å²) >= 11 is 0. The van der Waals surface area contributed by atoms with E-state index in [9.17, 15) is 9.90 Å². The van der Waals surface area contributed by atoms with Crippen LogP contribution < -0.4 is 0 Å². The molecule has 3 nitrogen and oxygen atoms in total. The van der Waals surface area contributed by atoms with Crippen molar-refractivity contribution in [1.29, 1.82) is 0 Å². The van der Waals surface area contributed by atoms with Gasteiger partial charge in [0.2, 0.25) is 0 Å². The Labute approximate surface area is 108 Å². The lowest BCUT2D eigenvalue weighted by atomic mass is 9.92. The summed E-state index contributed by atoms with van der Waals surface area (Å²) < 4.78 is 0. The average molecular weight is 247 g/mol. The van der Waals surface area contributed by atoms with Crippen molar-refractivity contribution in [3.8, 4) is 0 Å². The van der Waals surface area contributed by atoms with Gasteiger partial charge in [-0.1, -0.05) is 30.3 Å². The second kappa shape index (κ2) is 6.12. The van der Waals surface area contributed by atoms with E-state index in [4.69, 9.17) is 0 Å². The van der Waals surface area contributed by atoms with Crippen LogP contribution >= 0.6 is 0 Å².